The average molecular weight is 189 g/mol. The number of rotatable bonds is 1. The van der Waals surface area contributed by atoms with Crippen LogP contribution in [0.4, 0.5) is 0 Å². The first-order chi connectivity index (χ1) is 6.80. The number of pyridine rings is 1. The molecule has 2 aromatic rings. The van der Waals surface area contributed by atoms with Crippen molar-refractivity contribution in [3.63, 3.8) is 0 Å². The molecule has 1 saturated heterocycles. The van der Waals surface area contributed by atoms with Gasteiger partial charge in [-0.1, -0.05) is 0 Å². The Kier molecular flexibility index (Phi) is 1.45. The van der Waals surface area contributed by atoms with Crippen LogP contribution >= 0.6 is 0 Å². The highest BCUT2D eigenvalue weighted by Crippen LogP contribution is 2.30. The molecule has 0 aromatic carbocycles. The van der Waals surface area contributed by atoms with Gasteiger partial charge in [0.15, 0.2) is 0 Å². The molecule has 1 aliphatic rings. The Balaban J connectivity index is 2.22. The maximum Gasteiger partial charge on any atom is 0.137 e. The topological polar surface area (TPSA) is 60.9 Å². The minimum absolute atomic E-state index is 0.620. The van der Waals surface area contributed by atoms with Crippen molar-refractivity contribution >= 4 is 11.0 Å². The molecule has 0 unspecified atom stereocenters. The average Bonchev–Trinajstić information content (AvgIpc) is 2.58. The number of hydrogen-bond donors (Lipinski definition) is 3. The fraction of sp³-hybridized carbons (Fsp3) is 0.300. The number of aromatic amines is 1. The van der Waals surface area contributed by atoms with Crippen molar-refractivity contribution in [3.8, 4) is 0 Å². The minimum Gasteiger partial charge on any atom is -0.382 e. The van der Waals surface area contributed by atoms with E-state index >= 15 is 0 Å². The van der Waals surface area contributed by atoms with Crippen LogP contribution in [0.3, 0.4) is 0 Å². The van der Waals surface area contributed by atoms with Gasteiger partial charge in [-0.15, -0.1) is 0 Å². The molecule has 0 radical (unpaired) electrons. The lowest BCUT2D eigenvalue weighted by Crippen LogP contribution is -2.56. The summed E-state index contributed by atoms with van der Waals surface area (Å²) in [6.45, 7) is 1.24. The van der Waals surface area contributed by atoms with Crippen LogP contribution in [0.2, 0.25) is 0 Å². The highest BCUT2D eigenvalue weighted by molar-refractivity contribution is 5.80. The van der Waals surface area contributed by atoms with E-state index in [2.05, 4.69) is 15.3 Å². The lowest BCUT2D eigenvalue weighted by Gasteiger charge is -2.37. The van der Waals surface area contributed by atoms with Crippen molar-refractivity contribution < 1.29 is 5.11 Å². The molecule has 2 aromatic heterocycles. The molecule has 72 valence electrons. The molecule has 0 bridgehead atoms. The van der Waals surface area contributed by atoms with Crippen LogP contribution in [0.25, 0.3) is 11.0 Å². The lowest BCUT2D eigenvalue weighted by molar-refractivity contribution is -0.0132. The fourth-order valence-corrected chi connectivity index (χ4v) is 1.89. The third-order valence-corrected chi connectivity index (χ3v) is 2.79. The summed E-state index contributed by atoms with van der Waals surface area (Å²) in [7, 11) is 0. The van der Waals surface area contributed by atoms with Gasteiger partial charge < -0.3 is 15.4 Å². The molecule has 3 N–H and O–H groups in total. The van der Waals surface area contributed by atoms with Crippen molar-refractivity contribution in [2.45, 2.75) is 5.60 Å². The van der Waals surface area contributed by atoms with Gasteiger partial charge in [0.1, 0.15) is 11.2 Å². The minimum atomic E-state index is -0.707. The number of nitrogens with zero attached hydrogens (tertiary/aromatic N) is 1. The van der Waals surface area contributed by atoms with E-state index in [0.717, 1.165) is 16.6 Å². The van der Waals surface area contributed by atoms with E-state index in [4.69, 9.17) is 0 Å². The smallest absolute Gasteiger partial charge is 0.137 e. The predicted molar refractivity (Wildman–Crippen MR) is 52.9 cm³/mol. The first-order valence-corrected chi connectivity index (χ1v) is 4.65. The van der Waals surface area contributed by atoms with Gasteiger partial charge in [0.05, 0.1) is 0 Å². The van der Waals surface area contributed by atoms with Gasteiger partial charge in [0, 0.05) is 36.4 Å². The molecule has 4 heteroatoms. The predicted octanol–water partition coefficient (Wildman–Crippen LogP) is 0.354. The molecule has 1 fully saturated rings. The summed E-state index contributed by atoms with van der Waals surface area (Å²) in [5.41, 5.74) is 1.07. The lowest BCUT2D eigenvalue weighted by atomic mass is 9.88. The maximum absolute atomic E-state index is 10.2. The molecule has 14 heavy (non-hydrogen) atoms. The maximum atomic E-state index is 10.2. The Hall–Kier alpha value is -1.39. The third kappa shape index (κ3) is 0.921. The van der Waals surface area contributed by atoms with E-state index < -0.39 is 5.60 Å². The Bertz CT molecular complexity index is 473. The van der Waals surface area contributed by atoms with E-state index in [9.17, 15) is 5.11 Å². The highest BCUT2D eigenvalue weighted by Gasteiger charge is 2.38. The molecule has 0 amide bonds. The van der Waals surface area contributed by atoms with Gasteiger partial charge in [-0.2, -0.15) is 0 Å². The quantitative estimate of drug-likeness (QED) is 0.606. The fourth-order valence-electron chi connectivity index (χ4n) is 1.89. The molecular formula is C10H11N3O. The zero-order chi connectivity index (χ0) is 9.60. The molecule has 3 heterocycles. The number of fused-ring (bicyclic) bond motifs is 1. The van der Waals surface area contributed by atoms with E-state index in [1.165, 1.54) is 0 Å². The summed E-state index contributed by atoms with van der Waals surface area (Å²) in [6.07, 6.45) is 3.59. The Morgan fingerprint density at radius 2 is 2.29 bits per heavy atom. The molecule has 0 spiro atoms. The Morgan fingerprint density at radius 1 is 1.43 bits per heavy atom. The molecule has 0 aliphatic carbocycles. The van der Waals surface area contributed by atoms with E-state index in [-0.39, 0.29) is 0 Å². The van der Waals surface area contributed by atoms with Crippen molar-refractivity contribution in [3.05, 3.63) is 30.1 Å². The third-order valence-electron chi connectivity index (χ3n) is 2.79. The number of β-amino-alcohol motifs (C(OH)–C–C–N with tert-alkyl or cyclic N) is 1. The van der Waals surface area contributed by atoms with Crippen molar-refractivity contribution in [2.75, 3.05) is 13.1 Å². The van der Waals surface area contributed by atoms with Gasteiger partial charge >= 0.3 is 0 Å². The normalized spacial score (nSPS) is 19.5. The van der Waals surface area contributed by atoms with Crippen LogP contribution in [-0.4, -0.2) is 28.2 Å². The monoisotopic (exact) mass is 189 g/mol. The van der Waals surface area contributed by atoms with Gasteiger partial charge in [-0.3, -0.25) is 0 Å². The largest absolute Gasteiger partial charge is 0.382 e. The second-order valence-corrected chi connectivity index (χ2v) is 3.74. The zero-order valence-corrected chi connectivity index (χ0v) is 7.62. The molecule has 4 nitrogen and oxygen atoms in total. The number of nitrogens with one attached hydrogen (secondary N) is 2. The number of aliphatic hydroxyl groups is 1. The van der Waals surface area contributed by atoms with Crippen LogP contribution in [0.5, 0.6) is 0 Å². The summed E-state index contributed by atoms with van der Waals surface area (Å²) in [6, 6.07) is 3.86. The molecule has 0 atom stereocenters. The number of hydrogen-bond acceptors (Lipinski definition) is 3. The number of H-pyrrole nitrogens is 1. The standard InChI is InChI=1S/C10H11N3O/c14-10(5-11-6-10)8-4-13-9-7(8)2-1-3-12-9/h1-4,11,14H,5-6H2,(H,12,13). The van der Waals surface area contributed by atoms with Crippen molar-refractivity contribution in [2.24, 2.45) is 0 Å². The van der Waals surface area contributed by atoms with Crippen molar-refractivity contribution in [1.29, 1.82) is 0 Å². The summed E-state index contributed by atoms with van der Waals surface area (Å²) in [5.74, 6) is 0. The summed E-state index contributed by atoms with van der Waals surface area (Å²) >= 11 is 0. The molecule has 3 rings (SSSR count). The van der Waals surface area contributed by atoms with Crippen LogP contribution in [0, 0.1) is 0 Å². The van der Waals surface area contributed by atoms with Crippen LogP contribution in [-0.2, 0) is 5.60 Å². The van der Waals surface area contributed by atoms with Crippen LogP contribution in [0.1, 0.15) is 5.56 Å². The van der Waals surface area contributed by atoms with E-state index in [1.807, 2.05) is 18.3 Å². The van der Waals surface area contributed by atoms with Gasteiger partial charge in [-0.05, 0) is 12.1 Å². The van der Waals surface area contributed by atoms with Gasteiger partial charge in [0.25, 0.3) is 0 Å². The summed E-state index contributed by atoms with van der Waals surface area (Å²) in [4.78, 5) is 7.25. The van der Waals surface area contributed by atoms with Gasteiger partial charge in [-0.25, -0.2) is 4.98 Å². The zero-order valence-electron chi connectivity index (χ0n) is 7.62. The molecule has 1 aliphatic heterocycles. The Morgan fingerprint density at radius 3 is 3.00 bits per heavy atom. The first kappa shape index (κ1) is 7.96. The van der Waals surface area contributed by atoms with Gasteiger partial charge in [0.2, 0.25) is 0 Å². The SMILES string of the molecule is OC1(c2c[nH]c3ncccc23)CNC1. The highest BCUT2D eigenvalue weighted by atomic mass is 16.3. The summed E-state index contributed by atoms with van der Waals surface area (Å²) in [5, 5.41) is 14.2. The van der Waals surface area contributed by atoms with Crippen LogP contribution < -0.4 is 5.32 Å². The Labute approximate surface area is 81.0 Å². The molecule has 0 saturated carbocycles. The van der Waals surface area contributed by atoms with E-state index in [0.29, 0.717) is 13.1 Å². The second-order valence-electron chi connectivity index (χ2n) is 3.74. The van der Waals surface area contributed by atoms with E-state index in [1.54, 1.807) is 6.20 Å². The van der Waals surface area contributed by atoms with Crippen LogP contribution in [0.15, 0.2) is 24.5 Å². The molecular weight excluding hydrogens is 178 g/mol. The first-order valence-electron chi connectivity index (χ1n) is 4.65. The summed E-state index contributed by atoms with van der Waals surface area (Å²) < 4.78 is 0. The second kappa shape index (κ2) is 2.56. The number of aromatic nitrogens is 2. The van der Waals surface area contributed by atoms with Crippen molar-refractivity contribution in [1.82, 2.24) is 15.3 Å².